The first-order chi connectivity index (χ1) is 15.7. The van der Waals surface area contributed by atoms with Crippen LogP contribution >= 0.6 is 23.2 Å². The van der Waals surface area contributed by atoms with Gasteiger partial charge in [0.15, 0.2) is 0 Å². The zero-order valence-corrected chi connectivity index (χ0v) is 19.3. The van der Waals surface area contributed by atoms with E-state index < -0.39 is 12.3 Å². The SMILES string of the molecule is Cc1nc2cccc(CNC(=O)Cc3ccc(Cl)c(Cl)c3)c2c(=O)n1C1CCC(=O)N[C@@H]1O. The highest BCUT2D eigenvalue weighted by Gasteiger charge is 2.31. The highest BCUT2D eigenvalue weighted by atomic mass is 35.5. The van der Waals surface area contributed by atoms with E-state index in [1.807, 2.05) is 0 Å². The van der Waals surface area contributed by atoms with Gasteiger partial charge in [0.05, 0.1) is 33.4 Å². The van der Waals surface area contributed by atoms with Gasteiger partial charge in [0.2, 0.25) is 11.8 Å². The predicted octanol–water partition coefficient (Wildman–Crippen LogP) is 2.64. The van der Waals surface area contributed by atoms with Crippen LogP contribution in [0.15, 0.2) is 41.2 Å². The lowest BCUT2D eigenvalue weighted by molar-refractivity contribution is -0.128. The first-order valence-corrected chi connectivity index (χ1v) is 11.2. The quantitative estimate of drug-likeness (QED) is 0.510. The standard InChI is InChI=1S/C23H22Cl2N4O4/c1-12-27-17-4-2-3-14(11-26-20(31)10-13-5-6-15(24)16(25)9-13)21(17)23(33)29(12)18-7-8-19(30)28-22(18)32/h2-6,9,18,22,32H,7-8,10-11H2,1H3,(H,26,31)(H,28,30)/t18?,22-/m1/s1. The number of benzene rings is 2. The largest absolute Gasteiger partial charge is 0.372 e. The van der Waals surface area contributed by atoms with Crippen LogP contribution in [0.5, 0.6) is 0 Å². The van der Waals surface area contributed by atoms with Crippen LogP contribution in [0.2, 0.25) is 10.0 Å². The maximum absolute atomic E-state index is 13.5. The third-order valence-corrected chi connectivity index (χ3v) is 6.43. The summed E-state index contributed by atoms with van der Waals surface area (Å²) >= 11 is 11.9. The van der Waals surface area contributed by atoms with E-state index in [4.69, 9.17) is 23.2 Å². The Kier molecular flexibility index (Phi) is 6.69. The van der Waals surface area contributed by atoms with Crippen LogP contribution in [-0.4, -0.2) is 32.7 Å². The number of aliphatic hydroxyl groups excluding tert-OH is 1. The average molecular weight is 489 g/mol. The van der Waals surface area contributed by atoms with Gasteiger partial charge in [-0.15, -0.1) is 0 Å². The van der Waals surface area contributed by atoms with Crippen LogP contribution in [-0.2, 0) is 22.6 Å². The molecule has 8 nitrogen and oxygen atoms in total. The molecular formula is C23H22Cl2N4O4. The van der Waals surface area contributed by atoms with Gasteiger partial charge in [0.25, 0.3) is 5.56 Å². The van der Waals surface area contributed by atoms with Gasteiger partial charge in [-0.25, -0.2) is 4.98 Å². The summed E-state index contributed by atoms with van der Waals surface area (Å²) in [6.07, 6.45) is -0.543. The number of rotatable bonds is 5. The number of aryl methyl sites for hydroxylation is 1. The number of fused-ring (bicyclic) bond motifs is 1. The van der Waals surface area contributed by atoms with Gasteiger partial charge in [0, 0.05) is 13.0 Å². The average Bonchev–Trinajstić information content (AvgIpc) is 2.76. The van der Waals surface area contributed by atoms with Crippen molar-refractivity contribution in [2.24, 2.45) is 0 Å². The minimum atomic E-state index is -1.18. The third-order valence-electron chi connectivity index (χ3n) is 5.69. The Morgan fingerprint density at radius 3 is 2.76 bits per heavy atom. The van der Waals surface area contributed by atoms with Crippen LogP contribution in [0.3, 0.4) is 0 Å². The number of carbonyl (C=O) groups excluding carboxylic acids is 2. The highest BCUT2D eigenvalue weighted by Crippen LogP contribution is 2.24. The number of piperidine rings is 1. The molecule has 1 aromatic heterocycles. The van der Waals surface area contributed by atoms with Gasteiger partial charge in [-0.3, -0.25) is 19.0 Å². The van der Waals surface area contributed by atoms with Crippen LogP contribution < -0.4 is 16.2 Å². The number of hydrogen-bond acceptors (Lipinski definition) is 5. The molecule has 4 rings (SSSR count). The first kappa shape index (κ1) is 23.2. The molecule has 2 amide bonds. The van der Waals surface area contributed by atoms with Crippen molar-refractivity contribution in [3.05, 3.63) is 73.7 Å². The van der Waals surface area contributed by atoms with Crippen molar-refractivity contribution in [3.8, 4) is 0 Å². The minimum Gasteiger partial charge on any atom is -0.372 e. The molecule has 1 aliphatic rings. The van der Waals surface area contributed by atoms with E-state index in [1.54, 1.807) is 43.3 Å². The molecule has 0 aliphatic carbocycles. The van der Waals surface area contributed by atoms with Crippen molar-refractivity contribution < 1.29 is 14.7 Å². The number of halogens is 2. The molecule has 3 N–H and O–H groups in total. The maximum Gasteiger partial charge on any atom is 0.262 e. The Hall–Kier alpha value is -2.94. The molecule has 2 heterocycles. The van der Waals surface area contributed by atoms with Crippen LogP contribution in [0.4, 0.5) is 0 Å². The molecule has 0 radical (unpaired) electrons. The molecule has 3 aromatic rings. The summed E-state index contributed by atoms with van der Waals surface area (Å²) in [6.45, 7) is 1.82. The Bertz CT molecular complexity index is 1310. The summed E-state index contributed by atoms with van der Waals surface area (Å²) in [7, 11) is 0. The summed E-state index contributed by atoms with van der Waals surface area (Å²) in [5, 5.41) is 16.8. The Labute approximate surface area is 199 Å². The fourth-order valence-electron chi connectivity index (χ4n) is 4.09. The number of aromatic nitrogens is 2. The molecule has 172 valence electrons. The molecule has 0 saturated carbocycles. The number of aliphatic hydroxyl groups is 1. The van der Waals surface area contributed by atoms with Gasteiger partial charge in [-0.05, 0) is 42.7 Å². The number of hydrogen-bond donors (Lipinski definition) is 3. The number of carbonyl (C=O) groups is 2. The Morgan fingerprint density at radius 1 is 1.24 bits per heavy atom. The van der Waals surface area contributed by atoms with Crippen molar-refractivity contribution >= 4 is 45.9 Å². The molecule has 33 heavy (non-hydrogen) atoms. The predicted molar refractivity (Wildman–Crippen MR) is 125 cm³/mol. The number of amides is 2. The molecular weight excluding hydrogens is 467 g/mol. The second-order valence-corrected chi connectivity index (χ2v) is 8.78. The zero-order valence-electron chi connectivity index (χ0n) is 17.8. The highest BCUT2D eigenvalue weighted by molar-refractivity contribution is 6.42. The lowest BCUT2D eigenvalue weighted by atomic mass is 10.0. The summed E-state index contributed by atoms with van der Waals surface area (Å²) < 4.78 is 1.42. The molecule has 0 bridgehead atoms. The van der Waals surface area contributed by atoms with Crippen molar-refractivity contribution in [1.29, 1.82) is 0 Å². The van der Waals surface area contributed by atoms with E-state index in [0.717, 1.165) is 0 Å². The van der Waals surface area contributed by atoms with E-state index >= 15 is 0 Å². The van der Waals surface area contributed by atoms with Gasteiger partial charge in [0.1, 0.15) is 12.1 Å². The van der Waals surface area contributed by atoms with E-state index in [2.05, 4.69) is 15.6 Å². The van der Waals surface area contributed by atoms with E-state index in [0.29, 0.717) is 44.3 Å². The summed E-state index contributed by atoms with van der Waals surface area (Å²) in [6, 6.07) is 9.64. The van der Waals surface area contributed by atoms with Gasteiger partial charge >= 0.3 is 0 Å². The lowest BCUT2D eigenvalue weighted by Crippen LogP contribution is -2.48. The van der Waals surface area contributed by atoms with Crippen molar-refractivity contribution in [2.45, 2.75) is 45.0 Å². The second-order valence-electron chi connectivity index (χ2n) is 7.97. The molecule has 10 heteroatoms. The van der Waals surface area contributed by atoms with E-state index in [9.17, 15) is 19.5 Å². The normalized spacial score (nSPS) is 18.2. The molecule has 1 fully saturated rings. The fourth-order valence-corrected chi connectivity index (χ4v) is 4.41. The fraction of sp³-hybridized carbons (Fsp3) is 0.304. The molecule has 0 spiro atoms. The van der Waals surface area contributed by atoms with Gasteiger partial charge in [-0.2, -0.15) is 0 Å². The van der Waals surface area contributed by atoms with E-state index in [1.165, 1.54) is 4.57 Å². The molecule has 1 saturated heterocycles. The molecule has 2 atom stereocenters. The second kappa shape index (κ2) is 9.51. The van der Waals surface area contributed by atoms with Crippen LogP contribution in [0.1, 0.15) is 35.8 Å². The Balaban J connectivity index is 1.60. The molecule has 1 unspecified atom stereocenters. The minimum absolute atomic E-state index is 0.108. The summed E-state index contributed by atoms with van der Waals surface area (Å²) in [5.74, 6) is -0.0618. The Morgan fingerprint density at radius 2 is 2.03 bits per heavy atom. The van der Waals surface area contributed by atoms with Gasteiger partial charge < -0.3 is 15.7 Å². The zero-order chi connectivity index (χ0) is 23.7. The summed E-state index contributed by atoms with van der Waals surface area (Å²) in [5.41, 5.74) is 1.50. The lowest BCUT2D eigenvalue weighted by Gasteiger charge is -2.31. The van der Waals surface area contributed by atoms with E-state index in [-0.39, 0.29) is 36.8 Å². The molecule has 1 aliphatic heterocycles. The summed E-state index contributed by atoms with van der Waals surface area (Å²) in [4.78, 5) is 42.1. The monoisotopic (exact) mass is 488 g/mol. The smallest absolute Gasteiger partial charge is 0.262 e. The maximum atomic E-state index is 13.5. The van der Waals surface area contributed by atoms with Crippen molar-refractivity contribution in [2.75, 3.05) is 0 Å². The number of nitrogens with zero attached hydrogens (tertiary/aromatic N) is 2. The third kappa shape index (κ3) is 4.88. The number of nitrogens with one attached hydrogen (secondary N) is 2. The van der Waals surface area contributed by atoms with Crippen molar-refractivity contribution in [3.63, 3.8) is 0 Å². The van der Waals surface area contributed by atoms with Crippen molar-refractivity contribution in [1.82, 2.24) is 20.2 Å². The van der Waals surface area contributed by atoms with Crippen LogP contribution in [0.25, 0.3) is 10.9 Å². The van der Waals surface area contributed by atoms with Gasteiger partial charge in [-0.1, -0.05) is 41.4 Å². The molecule has 2 aromatic carbocycles. The first-order valence-electron chi connectivity index (χ1n) is 10.4. The topological polar surface area (TPSA) is 113 Å². The van der Waals surface area contributed by atoms with Crippen LogP contribution in [0, 0.1) is 6.92 Å².